The Kier molecular flexibility index (Phi) is 3.05. The topological polar surface area (TPSA) is 26.0 Å². The standard InChI is InChI=1S/C11H9BrClNS/c1-6-4-10(15-11(6)13)8-5-7(14)2-3-9(8)12/h2-5H,14H2,1H3. The van der Waals surface area contributed by atoms with Gasteiger partial charge in [0.25, 0.3) is 0 Å². The van der Waals surface area contributed by atoms with E-state index >= 15 is 0 Å². The molecule has 15 heavy (non-hydrogen) atoms. The van der Waals surface area contributed by atoms with E-state index in [1.807, 2.05) is 25.1 Å². The molecule has 0 saturated heterocycles. The van der Waals surface area contributed by atoms with Crippen LogP contribution in [0.15, 0.2) is 28.7 Å². The number of anilines is 1. The number of halogens is 2. The molecule has 78 valence electrons. The van der Waals surface area contributed by atoms with Gasteiger partial charge in [-0.2, -0.15) is 0 Å². The van der Waals surface area contributed by atoms with E-state index in [1.165, 1.54) is 0 Å². The van der Waals surface area contributed by atoms with Crippen LogP contribution in [0.3, 0.4) is 0 Å². The molecule has 0 fully saturated rings. The van der Waals surface area contributed by atoms with Crippen molar-refractivity contribution in [1.82, 2.24) is 0 Å². The normalized spacial score (nSPS) is 10.6. The summed E-state index contributed by atoms with van der Waals surface area (Å²) in [5.74, 6) is 0. The van der Waals surface area contributed by atoms with Crippen molar-refractivity contribution in [2.45, 2.75) is 6.92 Å². The Morgan fingerprint density at radius 1 is 1.33 bits per heavy atom. The van der Waals surface area contributed by atoms with Crippen LogP contribution < -0.4 is 5.73 Å². The number of thiophene rings is 1. The van der Waals surface area contributed by atoms with E-state index in [-0.39, 0.29) is 0 Å². The van der Waals surface area contributed by atoms with Gasteiger partial charge >= 0.3 is 0 Å². The van der Waals surface area contributed by atoms with Crippen LogP contribution in [0.25, 0.3) is 10.4 Å². The second-order valence-corrected chi connectivity index (χ2v) is 5.82. The quantitative estimate of drug-likeness (QED) is 0.758. The van der Waals surface area contributed by atoms with Gasteiger partial charge in [0, 0.05) is 20.6 Å². The molecule has 0 bridgehead atoms. The fourth-order valence-electron chi connectivity index (χ4n) is 1.32. The SMILES string of the molecule is Cc1cc(-c2cc(N)ccc2Br)sc1Cl. The minimum absolute atomic E-state index is 0.760. The van der Waals surface area contributed by atoms with Crippen LogP contribution in [0.2, 0.25) is 4.34 Å². The van der Waals surface area contributed by atoms with Gasteiger partial charge in [-0.15, -0.1) is 11.3 Å². The van der Waals surface area contributed by atoms with E-state index in [0.29, 0.717) is 0 Å². The molecule has 0 aliphatic heterocycles. The van der Waals surface area contributed by atoms with E-state index in [1.54, 1.807) is 11.3 Å². The first-order chi connectivity index (χ1) is 7.08. The van der Waals surface area contributed by atoms with E-state index in [9.17, 15) is 0 Å². The number of rotatable bonds is 1. The highest BCUT2D eigenvalue weighted by Crippen LogP contribution is 2.38. The number of nitrogens with two attached hydrogens (primary N) is 1. The van der Waals surface area contributed by atoms with Gasteiger partial charge in [0.15, 0.2) is 0 Å². The first-order valence-electron chi connectivity index (χ1n) is 4.39. The molecule has 2 aromatic rings. The second-order valence-electron chi connectivity index (χ2n) is 3.31. The van der Waals surface area contributed by atoms with Gasteiger partial charge in [0.1, 0.15) is 0 Å². The zero-order chi connectivity index (χ0) is 11.0. The van der Waals surface area contributed by atoms with Crippen LogP contribution in [-0.2, 0) is 0 Å². The lowest BCUT2D eigenvalue weighted by Gasteiger charge is -2.02. The van der Waals surface area contributed by atoms with Crippen molar-refractivity contribution >= 4 is 44.6 Å². The molecule has 0 radical (unpaired) electrons. The molecule has 0 amide bonds. The molecular formula is C11H9BrClNS. The molecule has 1 aromatic heterocycles. The molecule has 0 unspecified atom stereocenters. The summed E-state index contributed by atoms with van der Waals surface area (Å²) in [4.78, 5) is 1.14. The highest BCUT2D eigenvalue weighted by molar-refractivity contribution is 9.10. The third kappa shape index (κ3) is 2.19. The Morgan fingerprint density at radius 2 is 2.07 bits per heavy atom. The molecule has 0 spiro atoms. The van der Waals surface area contributed by atoms with Crippen molar-refractivity contribution in [1.29, 1.82) is 0 Å². The van der Waals surface area contributed by atoms with Gasteiger partial charge in [0.2, 0.25) is 0 Å². The zero-order valence-corrected chi connectivity index (χ0v) is 11.2. The van der Waals surface area contributed by atoms with E-state index in [4.69, 9.17) is 17.3 Å². The van der Waals surface area contributed by atoms with Crippen LogP contribution in [-0.4, -0.2) is 0 Å². The smallest absolute Gasteiger partial charge is 0.0963 e. The Labute approximate surface area is 106 Å². The Morgan fingerprint density at radius 3 is 2.67 bits per heavy atom. The monoisotopic (exact) mass is 301 g/mol. The van der Waals surface area contributed by atoms with Crippen molar-refractivity contribution in [2.75, 3.05) is 5.73 Å². The molecule has 1 aromatic carbocycles. The fraction of sp³-hybridized carbons (Fsp3) is 0.0909. The summed E-state index contributed by atoms with van der Waals surface area (Å²) in [6.45, 7) is 2.00. The summed E-state index contributed by atoms with van der Waals surface area (Å²) in [6, 6.07) is 7.85. The third-order valence-electron chi connectivity index (χ3n) is 2.11. The van der Waals surface area contributed by atoms with E-state index in [2.05, 4.69) is 22.0 Å². The van der Waals surface area contributed by atoms with Crippen LogP contribution in [0.4, 0.5) is 5.69 Å². The molecule has 0 aliphatic rings. The number of benzene rings is 1. The molecule has 0 saturated carbocycles. The van der Waals surface area contributed by atoms with Crippen molar-refractivity contribution in [3.63, 3.8) is 0 Å². The number of hydrogen-bond acceptors (Lipinski definition) is 2. The zero-order valence-electron chi connectivity index (χ0n) is 8.05. The predicted octanol–water partition coefficient (Wildman–Crippen LogP) is 4.72. The average molecular weight is 303 g/mol. The molecule has 2 rings (SSSR count). The van der Waals surface area contributed by atoms with Gasteiger partial charge in [0.05, 0.1) is 4.34 Å². The van der Waals surface area contributed by atoms with E-state index in [0.717, 1.165) is 30.5 Å². The molecule has 1 heterocycles. The number of hydrogen-bond donors (Lipinski definition) is 1. The maximum atomic E-state index is 6.04. The molecular weight excluding hydrogens is 294 g/mol. The number of nitrogen functional groups attached to an aromatic ring is 1. The van der Waals surface area contributed by atoms with E-state index < -0.39 is 0 Å². The average Bonchev–Trinajstić information content (AvgIpc) is 2.51. The molecule has 4 heteroatoms. The minimum Gasteiger partial charge on any atom is -0.399 e. The lowest BCUT2D eigenvalue weighted by molar-refractivity contribution is 1.54. The molecule has 2 N–H and O–H groups in total. The first-order valence-corrected chi connectivity index (χ1v) is 6.38. The van der Waals surface area contributed by atoms with Crippen LogP contribution in [0.1, 0.15) is 5.56 Å². The van der Waals surface area contributed by atoms with Gasteiger partial charge in [-0.3, -0.25) is 0 Å². The predicted molar refractivity (Wildman–Crippen MR) is 71.6 cm³/mol. The second kappa shape index (κ2) is 4.16. The summed E-state index contributed by atoms with van der Waals surface area (Å²) in [5, 5.41) is 0. The highest BCUT2D eigenvalue weighted by atomic mass is 79.9. The van der Waals surface area contributed by atoms with Crippen LogP contribution >= 0.6 is 38.9 Å². The summed E-state index contributed by atoms with van der Waals surface area (Å²) in [6.07, 6.45) is 0. The van der Waals surface area contributed by atoms with Crippen molar-refractivity contribution < 1.29 is 0 Å². The molecule has 0 aliphatic carbocycles. The third-order valence-corrected chi connectivity index (χ3v) is 4.39. The Balaban J connectivity index is 2.58. The summed E-state index contributed by atoms with van der Waals surface area (Å²) in [5.41, 5.74) is 8.72. The molecule has 1 nitrogen and oxygen atoms in total. The van der Waals surface area contributed by atoms with Crippen molar-refractivity contribution in [2.24, 2.45) is 0 Å². The Hall–Kier alpha value is -0.510. The largest absolute Gasteiger partial charge is 0.399 e. The highest BCUT2D eigenvalue weighted by Gasteiger charge is 2.08. The molecule has 0 atom stereocenters. The van der Waals surface area contributed by atoms with Crippen molar-refractivity contribution in [3.05, 3.63) is 38.6 Å². The maximum absolute atomic E-state index is 6.04. The van der Waals surface area contributed by atoms with Gasteiger partial charge in [-0.25, -0.2) is 0 Å². The lowest BCUT2D eigenvalue weighted by Crippen LogP contribution is -1.85. The summed E-state index contributed by atoms with van der Waals surface area (Å²) in [7, 11) is 0. The number of aryl methyl sites for hydroxylation is 1. The summed E-state index contributed by atoms with van der Waals surface area (Å²) < 4.78 is 1.87. The first kappa shape index (κ1) is 11.0. The van der Waals surface area contributed by atoms with Gasteiger partial charge in [-0.1, -0.05) is 27.5 Å². The summed E-state index contributed by atoms with van der Waals surface area (Å²) >= 11 is 11.1. The fourth-order valence-corrected chi connectivity index (χ4v) is 3.15. The van der Waals surface area contributed by atoms with Gasteiger partial charge in [-0.05, 0) is 36.8 Å². The van der Waals surface area contributed by atoms with Crippen LogP contribution in [0.5, 0.6) is 0 Å². The van der Waals surface area contributed by atoms with Crippen molar-refractivity contribution in [3.8, 4) is 10.4 Å². The Bertz CT molecular complexity index is 488. The van der Waals surface area contributed by atoms with Crippen LogP contribution in [0, 0.1) is 6.92 Å². The van der Waals surface area contributed by atoms with Gasteiger partial charge < -0.3 is 5.73 Å². The maximum Gasteiger partial charge on any atom is 0.0963 e. The minimum atomic E-state index is 0.760. The lowest BCUT2D eigenvalue weighted by atomic mass is 10.1.